The summed E-state index contributed by atoms with van der Waals surface area (Å²) >= 11 is 5.79. The third kappa shape index (κ3) is 6.33. The van der Waals surface area contributed by atoms with Gasteiger partial charge in [0.1, 0.15) is 6.04 Å². The Labute approximate surface area is 166 Å². The summed E-state index contributed by atoms with van der Waals surface area (Å²) in [5.41, 5.74) is 5.31. The molecule has 6 nitrogen and oxygen atoms in total. The maximum atomic E-state index is 13.1. The number of alkyl halides is 3. The van der Waals surface area contributed by atoms with Crippen molar-refractivity contribution in [2.24, 2.45) is 11.7 Å². The molecule has 1 aliphatic heterocycles. The van der Waals surface area contributed by atoms with E-state index in [1.54, 1.807) is 0 Å². The van der Waals surface area contributed by atoms with Gasteiger partial charge in [-0.1, -0.05) is 11.6 Å². The number of carbonyl (C=O) groups excluding carboxylic acids is 1. The number of nitrogens with zero attached hydrogens (tertiary/aromatic N) is 1. The van der Waals surface area contributed by atoms with E-state index in [0.29, 0.717) is 24.5 Å². The predicted molar refractivity (Wildman–Crippen MR) is 97.2 cm³/mol. The van der Waals surface area contributed by atoms with E-state index in [2.05, 4.69) is 0 Å². The first kappa shape index (κ1) is 22.9. The molecule has 1 aliphatic rings. The van der Waals surface area contributed by atoms with Crippen LogP contribution in [0.15, 0.2) is 29.2 Å². The van der Waals surface area contributed by atoms with Crippen LogP contribution in [0.1, 0.15) is 25.7 Å². The first-order valence-corrected chi connectivity index (χ1v) is 10.5. The van der Waals surface area contributed by atoms with Gasteiger partial charge in [0.25, 0.3) is 0 Å². The van der Waals surface area contributed by atoms with Crippen LogP contribution in [0.4, 0.5) is 13.2 Å². The van der Waals surface area contributed by atoms with Gasteiger partial charge in [0.2, 0.25) is 15.9 Å². The molecule has 158 valence electrons. The van der Waals surface area contributed by atoms with Crippen molar-refractivity contribution < 1.29 is 31.1 Å². The zero-order chi connectivity index (χ0) is 20.9. The van der Waals surface area contributed by atoms with E-state index in [9.17, 15) is 26.4 Å². The van der Waals surface area contributed by atoms with Gasteiger partial charge < -0.3 is 10.5 Å². The van der Waals surface area contributed by atoms with Crippen molar-refractivity contribution in [2.45, 2.75) is 42.8 Å². The van der Waals surface area contributed by atoms with E-state index >= 15 is 0 Å². The molecule has 1 amide bonds. The summed E-state index contributed by atoms with van der Waals surface area (Å²) in [6, 6.07) is 3.56. The van der Waals surface area contributed by atoms with E-state index < -0.39 is 41.0 Å². The molecule has 1 fully saturated rings. The number of hydrogen-bond donors (Lipinski definition) is 1. The molecule has 2 N–H and O–H groups in total. The average Bonchev–Trinajstić information content (AvgIpc) is 2.61. The minimum absolute atomic E-state index is 0.156. The Kier molecular flexibility index (Phi) is 7.72. The Morgan fingerprint density at radius 2 is 1.96 bits per heavy atom. The van der Waals surface area contributed by atoms with Gasteiger partial charge in [-0.05, 0) is 49.4 Å². The molecular weight excluding hydrogens is 421 g/mol. The zero-order valence-electron chi connectivity index (χ0n) is 15.0. The average molecular weight is 443 g/mol. The summed E-state index contributed by atoms with van der Waals surface area (Å²) in [7, 11) is -4.28. The van der Waals surface area contributed by atoms with Crippen LogP contribution < -0.4 is 5.73 Å². The number of ether oxygens (including phenoxy) is 1. The molecule has 0 aliphatic carbocycles. The highest BCUT2D eigenvalue weighted by Crippen LogP contribution is 2.29. The molecule has 2 rings (SSSR count). The fourth-order valence-electron chi connectivity index (χ4n) is 3.07. The normalized spacial score (nSPS) is 19.5. The lowest BCUT2D eigenvalue weighted by Crippen LogP contribution is -2.50. The molecule has 0 aromatic heterocycles. The molecule has 1 aromatic carbocycles. The molecule has 0 saturated carbocycles. The highest BCUT2D eigenvalue weighted by Gasteiger charge is 2.39. The van der Waals surface area contributed by atoms with E-state index in [-0.39, 0.29) is 24.0 Å². The molecule has 0 radical (unpaired) electrons. The van der Waals surface area contributed by atoms with E-state index in [1.165, 1.54) is 24.3 Å². The molecule has 11 heteroatoms. The third-order valence-corrected chi connectivity index (χ3v) is 6.63. The van der Waals surface area contributed by atoms with Crippen LogP contribution in [0.25, 0.3) is 0 Å². The SMILES string of the molecule is NC(=O)[C@@H](CCC(F)(F)F)N(C[C@H]1CCCOC1)S(=O)(=O)c1ccc(Cl)cc1. The molecule has 1 heterocycles. The number of primary amides is 1. The largest absolute Gasteiger partial charge is 0.389 e. The monoisotopic (exact) mass is 442 g/mol. The Bertz CT molecular complexity index is 766. The number of sulfonamides is 1. The van der Waals surface area contributed by atoms with Crippen molar-refractivity contribution in [3.63, 3.8) is 0 Å². The van der Waals surface area contributed by atoms with Crippen molar-refractivity contribution in [3.05, 3.63) is 29.3 Å². The molecule has 28 heavy (non-hydrogen) atoms. The zero-order valence-corrected chi connectivity index (χ0v) is 16.6. The van der Waals surface area contributed by atoms with Gasteiger partial charge in [0.05, 0.1) is 11.5 Å². The van der Waals surface area contributed by atoms with Gasteiger partial charge in [-0.2, -0.15) is 17.5 Å². The summed E-state index contributed by atoms with van der Waals surface area (Å²) in [6.07, 6.45) is -5.29. The fourth-order valence-corrected chi connectivity index (χ4v) is 4.90. The van der Waals surface area contributed by atoms with Crippen LogP contribution in [0.5, 0.6) is 0 Å². The summed E-state index contributed by atoms with van der Waals surface area (Å²) < 4.78 is 70.5. The van der Waals surface area contributed by atoms with Crippen molar-refractivity contribution in [1.82, 2.24) is 4.31 Å². The van der Waals surface area contributed by atoms with Gasteiger partial charge in [-0.3, -0.25) is 4.79 Å². The Morgan fingerprint density at radius 1 is 1.32 bits per heavy atom. The minimum atomic E-state index is -4.54. The maximum Gasteiger partial charge on any atom is 0.389 e. The molecule has 0 spiro atoms. The van der Waals surface area contributed by atoms with Gasteiger partial charge in [-0.15, -0.1) is 0 Å². The Morgan fingerprint density at radius 3 is 2.46 bits per heavy atom. The second-order valence-electron chi connectivity index (χ2n) is 6.68. The summed E-state index contributed by atoms with van der Waals surface area (Å²) in [5.74, 6) is -1.37. The predicted octanol–water partition coefficient (Wildman–Crippen LogP) is 2.95. The van der Waals surface area contributed by atoms with E-state index in [0.717, 1.165) is 4.31 Å². The van der Waals surface area contributed by atoms with Gasteiger partial charge in [0.15, 0.2) is 0 Å². The number of nitrogens with two attached hydrogens (primary N) is 1. The first-order valence-electron chi connectivity index (χ1n) is 8.72. The molecule has 1 saturated heterocycles. The first-order chi connectivity index (χ1) is 13.0. The van der Waals surface area contributed by atoms with Crippen LogP contribution in [0.3, 0.4) is 0 Å². The summed E-state index contributed by atoms with van der Waals surface area (Å²) in [6.45, 7) is 0.640. The Hall–Kier alpha value is -1.36. The van der Waals surface area contributed by atoms with Gasteiger partial charge in [-0.25, -0.2) is 8.42 Å². The van der Waals surface area contributed by atoms with Crippen molar-refractivity contribution in [1.29, 1.82) is 0 Å². The van der Waals surface area contributed by atoms with Crippen LogP contribution in [0.2, 0.25) is 5.02 Å². The lowest BCUT2D eigenvalue weighted by Gasteiger charge is -2.33. The van der Waals surface area contributed by atoms with Crippen molar-refractivity contribution >= 4 is 27.5 Å². The topological polar surface area (TPSA) is 89.7 Å². The molecule has 2 atom stereocenters. The van der Waals surface area contributed by atoms with Crippen LogP contribution in [-0.4, -0.2) is 50.6 Å². The fraction of sp³-hybridized carbons (Fsp3) is 0.588. The molecule has 0 unspecified atom stereocenters. The number of halogens is 4. The number of rotatable bonds is 8. The number of benzene rings is 1. The smallest absolute Gasteiger partial charge is 0.381 e. The summed E-state index contributed by atoms with van der Waals surface area (Å²) in [5, 5.41) is 0.301. The summed E-state index contributed by atoms with van der Waals surface area (Å²) in [4.78, 5) is 11.8. The standard InChI is InChI=1S/C17H22ClF3N2O4S/c18-13-3-5-14(6-4-13)28(25,26)23(10-12-2-1-9-27-11-12)15(16(22)24)7-8-17(19,20)21/h3-6,12,15H,1-2,7-11H2,(H2,22,24)/t12-,15-/m1/s1. The number of amides is 1. The quantitative estimate of drug-likeness (QED) is 0.670. The minimum Gasteiger partial charge on any atom is -0.381 e. The van der Waals surface area contributed by atoms with Crippen molar-refractivity contribution in [2.75, 3.05) is 19.8 Å². The van der Waals surface area contributed by atoms with E-state index in [1.807, 2.05) is 0 Å². The van der Waals surface area contributed by atoms with Crippen LogP contribution >= 0.6 is 11.6 Å². The van der Waals surface area contributed by atoms with Gasteiger partial charge in [0, 0.05) is 24.6 Å². The van der Waals surface area contributed by atoms with E-state index in [4.69, 9.17) is 22.1 Å². The molecule has 1 aromatic rings. The molecular formula is C17H22ClF3N2O4S. The number of hydrogen-bond acceptors (Lipinski definition) is 4. The van der Waals surface area contributed by atoms with Gasteiger partial charge >= 0.3 is 6.18 Å². The number of carbonyl (C=O) groups is 1. The third-order valence-electron chi connectivity index (χ3n) is 4.49. The Balaban J connectivity index is 2.38. The second-order valence-corrected chi connectivity index (χ2v) is 9.01. The lowest BCUT2D eigenvalue weighted by molar-refractivity contribution is -0.140. The lowest BCUT2D eigenvalue weighted by atomic mass is 10.0. The van der Waals surface area contributed by atoms with Crippen molar-refractivity contribution in [3.8, 4) is 0 Å². The molecule has 0 bridgehead atoms. The highest BCUT2D eigenvalue weighted by atomic mass is 35.5. The second kappa shape index (κ2) is 9.43. The maximum absolute atomic E-state index is 13.1. The van der Waals surface area contributed by atoms with Crippen LogP contribution in [0, 0.1) is 5.92 Å². The van der Waals surface area contributed by atoms with Crippen LogP contribution in [-0.2, 0) is 19.6 Å². The highest BCUT2D eigenvalue weighted by molar-refractivity contribution is 7.89.